The molecule has 0 aromatic heterocycles. The van der Waals surface area contributed by atoms with E-state index in [9.17, 15) is 8.42 Å². The molecule has 1 aliphatic carbocycles. The maximum absolute atomic E-state index is 10.7. The van der Waals surface area contributed by atoms with Gasteiger partial charge in [-0.2, -0.15) is 8.42 Å². The molecule has 3 nitrogen and oxygen atoms in total. The minimum absolute atomic E-state index is 0.185. The predicted octanol–water partition coefficient (Wildman–Crippen LogP) is 1.45. The van der Waals surface area contributed by atoms with E-state index in [0.29, 0.717) is 0 Å². The Labute approximate surface area is 67.6 Å². The van der Waals surface area contributed by atoms with Crippen molar-refractivity contribution >= 4 is 10.1 Å². The Morgan fingerprint density at radius 3 is 2.18 bits per heavy atom. The molecular formula is C7H14O3S. The third-order valence-electron chi connectivity index (χ3n) is 2.53. The molecule has 0 aromatic carbocycles. The molecule has 66 valence electrons. The van der Waals surface area contributed by atoms with E-state index in [1.165, 1.54) is 0 Å². The zero-order chi connectivity index (χ0) is 8.48. The van der Waals surface area contributed by atoms with Crippen LogP contribution in [0.15, 0.2) is 0 Å². The second-order valence-electron chi connectivity index (χ2n) is 3.26. The van der Waals surface area contributed by atoms with Gasteiger partial charge in [-0.25, -0.2) is 0 Å². The maximum atomic E-state index is 10.7. The van der Waals surface area contributed by atoms with Crippen molar-refractivity contribution in [3.8, 4) is 0 Å². The zero-order valence-electron chi connectivity index (χ0n) is 6.66. The van der Waals surface area contributed by atoms with Gasteiger partial charge in [0, 0.05) is 0 Å². The van der Waals surface area contributed by atoms with E-state index in [-0.39, 0.29) is 5.92 Å². The van der Waals surface area contributed by atoms with Crippen LogP contribution in [0, 0.1) is 5.92 Å². The van der Waals surface area contributed by atoms with Crippen molar-refractivity contribution in [1.82, 2.24) is 0 Å². The Balaban J connectivity index is 2.60. The minimum atomic E-state index is -3.79. The van der Waals surface area contributed by atoms with Crippen LogP contribution in [-0.2, 0) is 10.1 Å². The van der Waals surface area contributed by atoms with E-state index in [4.69, 9.17) is 4.55 Å². The quantitative estimate of drug-likeness (QED) is 0.651. The lowest BCUT2D eigenvalue weighted by Gasteiger charge is -2.14. The Bertz CT molecular complexity index is 214. The summed E-state index contributed by atoms with van der Waals surface area (Å²) in [5, 5.41) is -0.565. The van der Waals surface area contributed by atoms with Gasteiger partial charge < -0.3 is 0 Å². The Hall–Kier alpha value is -0.0900. The van der Waals surface area contributed by atoms with Crippen molar-refractivity contribution in [2.75, 3.05) is 0 Å². The van der Waals surface area contributed by atoms with Gasteiger partial charge >= 0.3 is 0 Å². The lowest BCUT2D eigenvalue weighted by atomic mass is 10.1. The monoisotopic (exact) mass is 178 g/mol. The highest BCUT2D eigenvalue weighted by molar-refractivity contribution is 7.86. The van der Waals surface area contributed by atoms with Crippen molar-refractivity contribution in [2.24, 2.45) is 5.92 Å². The van der Waals surface area contributed by atoms with Gasteiger partial charge in [0.05, 0.1) is 5.25 Å². The fourth-order valence-electron chi connectivity index (χ4n) is 1.67. The van der Waals surface area contributed by atoms with Gasteiger partial charge in [-0.05, 0) is 25.7 Å². The van der Waals surface area contributed by atoms with Crippen LogP contribution < -0.4 is 0 Å². The Kier molecular flexibility index (Phi) is 2.54. The first-order chi connectivity index (χ1) is 5.02. The van der Waals surface area contributed by atoms with Gasteiger partial charge in [-0.3, -0.25) is 4.55 Å². The molecular weight excluding hydrogens is 164 g/mol. The van der Waals surface area contributed by atoms with Crippen molar-refractivity contribution < 1.29 is 13.0 Å². The highest BCUT2D eigenvalue weighted by atomic mass is 32.2. The van der Waals surface area contributed by atoms with Crippen LogP contribution in [0.1, 0.15) is 32.6 Å². The van der Waals surface area contributed by atoms with Gasteiger partial charge in [-0.15, -0.1) is 0 Å². The number of rotatable bonds is 2. The molecule has 1 unspecified atom stereocenters. The van der Waals surface area contributed by atoms with E-state index in [0.717, 1.165) is 25.7 Å². The third kappa shape index (κ3) is 2.17. The molecule has 1 fully saturated rings. The summed E-state index contributed by atoms with van der Waals surface area (Å²) in [5.74, 6) is 0.185. The molecule has 1 aliphatic rings. The first kappa shape index (κ1) is 9.00. The van der Waals surface area contributed by atoms with Gasteiger partial charge in [0.1, 0.15) is 0 Å². The summed E-state index contributed by atoms with van der Waals surface area (Å²) in [4.78, 5) is 0. The molecule has 1 N–H and O–H groups in total. The van der Waals surface area contributed by atoms with Crippen LogP contribution in [0.2, 0.25) is 0 Å². The van der Waals surface area contributed by atoms with Crippen LogP contribution in [0.5, 0.6) is 0 Å². The summed E-state index contributed by atoms with van der Waals surface area (Å²) in [6.45, 7) is 1.59. The minimum Gasteiger partial charge on any atom is -0.285 e. The molecule has 0 spiro atoms. The van der Waals surface area contributed by atoms with E-state index in [1.54, 1.807) is 6.92 Å². The first-order valence-corrected chi connectivity index (χ1v) is 5.48. The summed E-state index contributed by atoms with van der Waals surface area (Å²) < 4.78 is 30.1. The second kappa shape index (κ2) is 3.11. The number of hydrogen-bond donors (Lipinski definition) is 1. The van der Waals surface area contributed by atoms with Crippen LogP contribution >= 0.6 is 0 Å². The number of hydrogen-bond acceptors (Lipinski definition) is 2. The summed E-state index contributed by atoms with van der Waals surface area (Å²) >= 11 is 0. The molecule has 0 radical (unpaired) electrons. The van der Waals surface area contributed by atoms with E-state index in [1.807, 2.05) is 0 Å². The van der Waals surface area contributed by atoms with Crippen LogP contribution in [0.4, 0.5) is 0 Å². The smallest absolute Gasteiger partial charge is 0.267 e. The zero-order valence-corrected chi connectivity index (χ0v) is 7.47. The average molecular weight is 178 g/mol. The van der Waals surface area contributed by atoms with Crippen LogP contribution in [-0.4, -0.2) is 18.2 Å². The van der Waals surface area contributed by atoms with Crippen molar-refractivity contribution in [2.45, 2.75) is 37.9 Å². The van der Waals surface area contributed by atoms with Gasteiger partial charge in [-0.1, -0.05) is 12.8 Å². The van der Waals surface area contributed by atoms with Crippen molar-refractivity contribution in [3.63, 3.8) is 0 Å². The van der Waals surface area contributed by atoms with Gasteiger partial charge in [0.25, 0.3) is 10.1 Å². The first-order valence-electron chi connectivity index (χ1n) is 3.98. The SMILES string of the molecule is CC(C1CCCC1)S(=O)(=O)O. The Morgan fingerprint density at radius 1 is 1.36 bits per heavy atom. The van der Waals surface area contributed by atoms with Crippen molar-refractivity contribution in [1.29, 1.82) is 0 Å². The maximum Gasteiger partial charge on any atom is 0.267 e. The third-order valence-corrected chi connectivity index (χ3v) is 3.86. The Morgan fingerprint density at radius 2 is 1.82 bits per heavy atom. The predicted molar refractivity (Wildman–Crippen MR) is 43.0 cm³/mol. The molecule has 1 saturated carbocycles. The lowest BCUT2D eigenvalue weighted by Crippen LogP contribution is -2.24. The second-order valence-corrected chi connectivity index (χ2v) is 5.04. The molecule has 0 bridgehead atoms. The molecule has 0 aliphatic heterocycles. The van der Waals surface area contributed by atoms with Crippen molar-refractivity contribution in [3.05, 3.63) is 0 Å². The highest BCUT2D eigenvalue weighted by Gasteiger charge is 2.29. The molecule has 4 heteroatoms. The molecule has 1 rings (SSSR count). The van der Waals surface area contributed by atoms with E-state index < -0.39 is 15.4 Å². The standard InChI is InChI=1S/C7H14O3S/c1-6(11(8,9)10)7-4-2-3-5-7/h6-7H,2-5H2,1H3,(H,8,9,10). The van der Waals surface area contributed by atoms with E-state index in [2.05, 4.69) is 0 Å². The summed E-state index contributed by atoms with van der Waals surface area (Å²) in [7, 11) is -3.79. The van der Waals surface area contributed by atoms with Crippen LogP contribution in [0.3, 0.4) is 0 Å². The molecule has 0 heterocycles. The van der Waals surface area contributed by atoms with Gasteiger partial charge in [0.15, 0.2) is 0 Å². The highest BCUT2D eigenvalue weighted by Crippen LogP contribution is 2.30. The average Bonchev–Trinajstić information content (AvgIpc) is 2.34. The molecule has 1 atom stereocenters. The fourth-order valence-corrected chi connectivity index (χ4v) is 2.43. The largest absolute Gasteiger partial charge is 0.285 e. The van der Waals surface area contributed by atoms with E-state index >= 15 is 0 Å². The fraction of sp³-hybridized carbons (Fsp3) is 1.00. The molecule has 0 saturated heterocycles. The molecule has 11 heavy (non-hydrogen) atoms. The molecule has 0 amide bonds. The molecule has 0 aromatic rings. The summed E-state index contributed by atoms with van der Waals surface area (Å²) in [6.07, 6.45) is 4.09. The summed E-state index contributed by atoms with van der Waals surface area (Å²) in [6, 6.07) is 0. The van der Waals surface area contributed by atoms with Crippen LogP contribution in [0.25, 0.3) is 0 Å². The lowest BCUT2D eigenvalue weighted by molar-refractivity contribution is 0.431. The summed E-state index contributed by atoms with van der Waals surface area (Å²) in [5.41, 5.74) is 0. The normalized spacial score (nSPS) is 23.8. The topological polar surface area (TPSA) is 54.4 Å². The van der Waals surface area contributed by atoms with Gasteiger partial charge in [0.2, 0.25) is 0 Å².